The first-order valence-electron chi connectivity index (χ1n) is 4.74. The maximum Gasteiger partial charge on any atom is 0.328 e. The van der Waals surface area contributed by atoms with E-state index in [2.05, 4.69) is 5.10 Å². The average molecular weight is 258 g/mol. The zero-order valence-corrected chi connectivity index (χ0v) is 9.02. The van der Waals surface area contributed by atoms with Gasteiger partial charge in [-0.05, 0) is 0 Å². The highest BCUT2D eigenvalue weighted by Gasteiger charge is 2.19. The standard InChI is InChI=1S/C8H10N4O6/c13-4-6(8(15)16)10-7(14)3-11-2-5(1-9-11)12(17)18/h1-2,6,13H,3-4H2,(H,10,14)(H,15,16)/t6-/m0/s1. The number of aliphatic hydroxyl groups excluding tert-OH is 1. The Morgan fingerprint density at radius 1 is 1.61 bits per heavy atom. The van der Waals surface area contributed by atoms with Gasteiger partial charge in [-0.2, -0.15) is 5.10 Å². The lowest BCUT2D eigenvalue weighted by Gasteiger charge is -2.11. The molecule has 0 bridgehead atoms. The van der Waals surface area contributed by atoms with Crippen molar-refractivity contribution in [2.24, 2.45) is 0 Å². The first-order valence-corrected chi connectivity index (χ1v) is 4.74. The smallest absolute Gasteiger partial charge is 0.328 e. The molecule has 98 valence electrons. The molecule has 0 aliphatic rings. The van der Waals surface area contributed by atoms with Gasteiger partial charge in [-0.3, -0.25) is 19.6 Å². The minimum atomic E-state index is -1.41. The molecule has 1 rings (SSSR count). The van der Waals surface area contributed by atoms with Crippen molar-refractivity contribution < 1.29 is 24.7 Å². The van der Waals surface area contributed by atoms with E-state index in [4.69, 9.17) is 10.2 Å². The first-order chi connectivity index (χ1) is 8.43. The summed E-state index contributed by atoms with van der Waals surface area (Å²) in [6, 6.07) is -1.41. The van der Waals surface area contributed by atoms with E-state index in [1.54, 1.807) is 0 Å². The lowest BCUT2D eigenvalue weighted by molar-refractivity contribution is -0.385. The van der Waals surface area contributed by atoms with Gasteiger partial charge >= 0.3 is 11.7 Å². The van der Waals surface area contributed by atoms with E-state index >= 15 is 0 Å². The molecule has 0 aliphatic heterocycles. The van der Waals surface area contributed by atoms with Crippen molar-refractivity contribution in [3.8, 4) is 0 Å². The summed E-state index contributed by atoms with van der Waals surface area (Å²) in [7, 11) is 0. The van der Waals surface area contributed by atoms with Crippen LogP contribution in [0.4, 0.5) is 5.69 Å². The number of hydrogen-bond donors (Lipinski definition) is 3. The van der Waals surface area contributed by atoms with Crippen LogP contribution in [0.2, 0.25) is 0 Å². The number of aliphatic hydroxyl groups is 1. The predicted octanol–water partition coefficient (Wildman–Crippen LogP) is -1.65. The third-order valence-corrected chi connectivity index (χ3v) is 1.95. The van der Waals surface area contributed by atoms with Gasteiger partial charge in [0.05, 0.1) is 11.5 Å². The summed E-state index contributed by atoms with van der Waals surface area (Å²) in [5.41, 5.74) is -0.278. The van der Waals surface area contributed by atoms with Gasteiger partial charge in [0.1, 0.15) is 25.0 Å². The van der Waals surface area contributed by atoms with Gasteiger partial charge in [0.25, 0.3) is 0 Å². The Hall–Kier alpha value is -2.49. The molecule has 0 fully saturated rings. The van der Waals surface area contributed by atoms with E-state index in [1.165, 1.54) is 0 Å². The van der Waals surface area contributed by atoms with Crippen molar-refractivity contribution in [2.75, 3.05) is 6.61 Å². The summed E-state index contributed by atoms with van der Waals surface area (Å²) in [5.74, 6) is -2.10. The Balaban J connectivity index is 2.58. The van der Waals surface area contributed by atoms with Crippen LogP contribution in [-0.4, -0.2) is 49.4 Å². The summed E-state index contributed by atoms with van der Waals surface area (Å²) in [6.45, 7) is -1.13. The van der Waals surface area contributed by atoms with Crippen LogP contribution in [-0.2, 0) is 16.1 Å². The molecule has 0 aliphatic carbocycles. The Labute approximate surface area is 100.0 Å². The zero-order chi connectivity index (χ0) is 13.7. The molecule has 1 aromatic rings. The highest BCUT2D eigenvalue weighted by molar-refractivity contribution is 5.83. The minimum Gasteiger partial charge on any atom is -0.480 e. The van der Waals surface area contributed by atoms with Crippen molar-refractivity contribution >= 4 is 17.6 Å². The van der Waals surface area contributed by atoms with Crippen LogP contribution in [0.1, 0.15) is 0 Å². The SMILES string of the molecule is O=C(Cn1cc([N+](=O)[O-])cn1)N[C@@H](CO)C(=O)O. The van der Waals surface area contributed by atoms with Gasteiger partial charge in [-0.1, -0.05) is 0 Å². The van der Waals surface area contributed by atoms with Crippen molar-refractivity contribution in [3.63, 3.8) is 0 Å². The maximum absolute atomic E-state index is 11.3. The molecule has 18 heavy (non-hydrogen) atoms. The Morgan fingerprint density at radius 3 is 2.72 bits per heavy atom. The molecule has 0 radical (unpaired) electrons. The minimum absolute atomic E-state index is 0.278. The Morgan fingerprint density at radius 2 is 2.28 bits per heavy atom. The van der Waals surface area contributed by atoms with Gasteiger partial charge < -0.3 is 15.5 Å². The normalized spacial score (nSPS) is 11.8. The Kier molecular flexibility index (Phi) is 4.32. The summed E-state index contributed by atoms with van der Waals surface area (Å²) in [4.78, 5) is 31.6. The molecule has 0 unspecified atom stereocenters. The van der Waals surface area contributed by atoms with Gasteiger partial charge in [0.2, 0.25) is 5.91 Å². The number of carbonyl (C=O) groups is 2. The number of aliphatic carboxylic acids is 1. The van der Waals surface area contributed by atoms with Gasteiger partial charge in [-0.15, -0.1) is 0 Å². The predicted molar refractivity (Wildman–Crippen MR) is 55.5 cm³/mol. The molecule has 1 amide bonds. The molecule has 0 aromatic carbocycles. The third kappa shape index (κ3) is 3.52. The van der Waals surface area contributed by atoms with Crippen molar-refractivity contribution in [2.45, 2.75) is 12.6 Å². The van der Waals surface area contributed by atoms with Crippen molar-refractivity contribution in [1.82, 2.24) is 15.1 Å². The molecule has 1 heterocycles. The van der Waals surface area contributed by atoms with E-state index in [0.29, 0.717) is 0 Å². The first kappa shape index (κ1) is 13.6. The monoisotopic (exact) mass is 258 g/mol. The third-order valence-electron chi connectivity index (χ3n) is 1.95. The van der Waals surface area contributed by atoms with E-state index in [9.17, 15) is 19.7 Å². The Bertz CT molecular complexity index is 470. The van der Waals surface area contributed by atoms with Crippen LogP contribution < -0.4 is 5.32 Å². The topological polar surface area (TPSA) is 148 Å². The number of aromatic nitrogens is 2. The van der Waals surface area contributed by atoms with Crippen LogP contribution in [0, 0.1) is 10.1 Å². The quantitative estimate of drug-likeness (QED) is 0.409. The number of carboxylic acids is 1. The number of hydrogen-bond acceptors (Lipinski definition) is 6. The van der Waals surface area contributed by atoms with Crippen LogP contribution in [0.25, 0.3) is 0 Å². The fourth-order valence-corrected chi connectivity index (χ4v) is 1.11. The zero-order valence-electron chi connectivity index (χ0n) is 9.02. The number of nitro groups is 1. The fraction of sp³-hybridized carbons (Fsp3) is 0.375. The second-order valence-corrected chi connectivity index (χ2v) is 3.29. The van der Waals surface area contributed by atoms with Crippen molar-refractivity contribution in [1.29, 1.82) is 0 Å². The van der Waals surface area contributed by atoms with Crippen LogP contribution in [0.15, 0.2) is 12.4 Å². The summed E-state index contributed by atoms with van der Waals surface area (Å²) in [6.07, 6.45) is 2.00. The molecular formula is C8H10N4O6. The number of nitrogens with zero attached hydrogens (tertiary/aromatic N) is 3. The van der Waals surface area contributed by atoms with Gasteiger partial charge in [-0.25, -0.2) is 4.79 Å². The van der Waals surface area contributed by atoms with Crippen LogP contribution >= 0.6 is 0 Å². The molecule has 0 saturated carbocycles. The number of nitrogens with one attached hydrogen (secondary N) is 1. The van der Waals surface area contributed by atoms with Crippen LogP contribution in [0.5, 0.6) is 0 Å². The van der Waals surface area contributed by atoms with E-state index < -0.39 is 29.4 Å². The molecule has 1 aromatic heterocycles. The molecule has 0 spiro atoms. The molecule has 3 N–H and O–H groups in total. The lowest BCUT2D eigenvalue weighted by atomic mass is 10.3. The van der Waals surface area contributed by atoms with Gasteiger partial charge in [0, 0.05) is 0 Å². The van der Waals surface area contributed by atoms with E-state index in [-0.39, 0.29) is 12.2 Å². The molecule has 0 saturated heterocycles. The summed E-state index contributed by atoms with van der Waals surface area (Å²) in [5, 5.41) is 33.2. The van der Waals surface area contributed by atoms with Crippen molar-refractivity contribution in [3.05, 3.63) is 22.5 Å². The summed E-state index contributed by atoms with van der Waals surface area (Å²) >= 11 is 0. The average Bonchev–Trinajstić information content (AvgIpc) is 2.74. The molecule has 10 heteroatoms. The number of amides is 1. The molecule has 10 nitrogen and oxygen atoms in total. The highest BCUT2D eigenvalue weighted by Crippen LogP contribution is 2.07. The second kappa shape index (κ2) is 5.72. The van der Waals surface area contributed by atoms with E-state index in [0.717, 1.165) is 17.1 Å². The second-order valence-electron chi connectivity index (χ2n) is 3.29. The number of carbonyl (C=O) groups excluding carboxylic acids is 1. The maximum atomic E-state index is 11.3. The molecule has 1 atom stereocenters. The van der Waals surface area contributed by atoms with Gasteiger partial charge in [0.15, 0.2) is 0 Å². The largest absolute Gasteiger partial charge is 0.480 e. The van der Waals surface area contributed by atoms with Crippen LogP contribution in [0.3, 0.4) is 0 Å². The lowest BCUT2D eigenvalue weighted by Crippen LogP contribution is -2.44. The highest BCUT2D eigenvalue weighted by atomic mass is 16.6. The summed E-state index contributed by atoms with van der Waals surface area (Å²) < 4.78 is 0.990. The van der Waals surface area contributed by atoms with E-state index in [1.807, 2.05) is 5.32 Å². The molecular weight excluding hydrogens is 248 g/mol. The number of rotatable bonds is 6. The number of carboxylic acid groups (broad SMARTS) is 1. The fourth-order valence-electron chi connectivity index (χ4n) is 1.11.